The molecule has 2 aliphatic rings. The van der Waals surface area contributed by atoms with Crippen LogP contribution in [0.1, 0.15) is 25.6 Å². The number of carbonyl (C=O) groups excluding carboxylic acids is 5. The van der Waals surface area contributed by atoms with Gasteiger partial charge in [0.1, 0.15) is 17.7 Å². The summed E-state index contributed by atoms with van der Waals surface area (Å²) in [5.74, 6) is -2.58. The second-order valence-electron chi connectivity index (χ2n) is 8.87. The lowest BCUT2D eigenvalue weighted by atomic mass is 9.97. The van der Waals surface area contributed by atoms with Crippen LogP contribution in [0.5, 0.6) is 0 Å². The molecule has 3 heterocycles. The Morgan fingerprint density at radius 3 is 2.53 bits per heavy atom. The van der Waals surface area contributed by atoms with E-state index < -0.39 is 53.2 Å². The lowest BCUT2D eigenvalue weighted by Gasteiger charge is -2.55. The number of nitrogens with two attached hydrogens (primary N) is 1. The van der Waals surface area contributed by atoms with Gasteiger partial charge in [-0.2, -0.15) is 0 Å². The fourth-order valence-electron chi connectivity index (χ4n) is 3.45. The van der Waals surface area contributed by atoms with Crippen LogP contribution in [0.3, 0.4) is 0 Å². The zero-order valence-electron chi connectivity index (χ0n) is 20.2. The number of primary amides is 1. The molecular formula is C22H27N3O9S2. The predicted octanol–water partition coefficient (Wildman–Crippen LogP) is 1.10. The summed E-state index contributed by atoms with van der Waals surface area (Å²) in [6.45, 7) is 3.86. The summed E-state index contributed by atoms with van der Waals surface area (Å²) in [5.41, 5.74) is 2.59. The van der Waals surface area contributed by atoms with E-state index in [0.29, 0.717) is 0 Å². The molecule has 0 saturated carbocycles. The van der Waals surface area contributed by atoms with Crippen molar-refractivity contribution < 1.29 is 42.9 Å². The molecule has 0 radical (unpaired) electrons. The summed E-state index contributed by atoms with van der Waals surface area (Å²) in [5, 5.41) is 3.68. The number of rotatable bonds is 9. The molecule has 0 unspecified atom stereocenters. The van der Waals surface area contributed by atoms with Gasteiger partial charge in [0.15, 0.2) is 0 Å². The molecule has 1 saturated heterocycles. The van der Waals surface area contributed by atoms with Crippen molar-refractivity contribution in [3.05, 3.63) is 33.7 Å². The minimum absolute atomic E-state index is 0.0506. The van der Waals surface area contributed by atoms with Crippen LogP contribution in [0, 0.1) is 5.41 Å². The van der Waals surface area contributed by atoms with Crippen LogP contribution in [-0.4, -0.2) is 72.1 Å². The molecule has 36 heavy (non-hydrogen) atoms. The number of amides is 3. The Labute approximate surface area is 215 Å². The first kappa shape index (κ1) is 27.5. The van der Waals surface area contributed by atoms with E-state index in [1.54, 1.807) is 26.8 Å². The van der Waals surface area contributed by atoms with Crippen LogP contribution in [0.25, 0.3) is 0 Å². The van der Waals surface area contributed by atoms with Gasteiger partial charge in [-0.15, -0.1) is 23.1 Å². The van der Waals surface area contributed by atoms with Crippen LogP contribution >= 0.6 is 23.1 Å². The number of fused-ring (bicyclic) bond motifs is 1. The van der Waals surface area contributed by atoms with Gasteiger partial charge in [-0.1, -0.05) is 6.07 Å². The number of nitrogens with one attached hydrogen (secondary N) is 1. The number of carbonyl (C=O) groups is 5. The minimum atomic E-state index is -1.71. The normalized spacial score (nSPS) is 21.3. The Hall–Kier alpha value is -3.10. The van der Waals surface area contributed by atoms with E-state index in [0.717, 1.165) is 9.78 Å². The van der Waals surface area contributed by atoms with E-state index in [2.05, 4.69) is 5.32 Å². The predicted molar refractivity (Wildman–Crippen MR) is 128 cm³/mol. The van der Waals surface area contributed by atoms with Gasteiger partial charge in [-0.25, -0.2) is 9.59 Å². The molecule has 196 valence electrons. The second kappa shape index (κ2) is 10.9. The van der Waals surface area contributed by atoms with E-state index in [1.807, 2.05) is 11.4 Å². The molecule has 0 spiro atoms. The van der Waals surface area contributed by atoms with E-state index in [-0.39, 0.29) is 30.1 Å². The molecular weight excluding hydrogens is 514 g/mol. The molecule has 3 amide bonds. The third-order valence-corrected chi connectivity index (χ3v) is 7.50. The second-order valence-corrected chi connectivity index (χ2v) is 11.0. The third kappa shape index (κ3) is 5.65. The Morgan fingerprint density at radius 2 is 1.94 bits per heavy atom. The first-order chi connectivity index (χ1) is 16.9. The summed E-state index contributed by atoms with van der Waals surface area (Å²) in [6, 6.07) is 3.60. The topological polar surface area (TPSA) is 164 Å². The van der Waals surface area contributed by atoms with Gasteiger partial charge in [0.25, 0.3) is 11.6 Å². The highest BCUT2D eigenvalue weighted by molar-refractivity contribution is 8.00. The number of thioether (sulfide) groups is 1. The number of hydrogen-bond donors (Lipinski definition) is 2. The van der Waals surface area contributed by atoms with Crippen LogP contribution < -0.4 is 11.1 Å². The van der Waals surface area contributed by atoms with Crippen molar-refractivity contribution in [2.24, 2.45) is 11.1 Å². The monoisotopic (exact) mass is 541 g/mol. The molecule has 0 aromatic carbocycles. The van der Waals surface area contributed by atoms with Gasteiger partial charge in [0.2, 0.25) is 12.7 Å². The number of β-lactam (4-membered cyclic amide) rings is 1. The Morgan fingerprint density at radius 1 is 1.22 bits per heavy atom. The lowest BCUT2D eigenvalue weighted by molar-refractivity contribution is -0.194. The van der Waals surface area contributed by atoms with Crippen molar-refractivity contribution in [1.29, 1.82) is 0 Å². The lowest BCUT2D eigenvalue weighted by Crippen LogP contribution is -2.80. The van der Waals surface area contributed by atoms with Gasteiger partial charge in [-0.05, 0) is 32.2 Å². The van der Waals surface area contributed by atoms with Gasteiger partial charge in [-0.3, -0.25) is 19.3 Å². The van der Waals surface area contributed by atoms with E-state index in [9.17, 15) is 24.0 Å². The van der Waals surface area contributed by atoms with Crippen LogP contribution in [-0.2, 0) is 44.5 Å². The molecule has 2 atom stereocenters. The number of thiophene rings is 1. The van der Waals surface area contributed by atoms with Gasteiger partial charge in [0.05, 0.1) is 11.8 Å². The smallest absolute Gasteiger partial charge is 0.404 e. The number of esters is 2. The zero-order chi connectivity index (χ0) is 26.7. The fraction of sp³-hybridized carbons (Fsp3) is 0.500. The van der Waals surface area contributed by atoms with Gasteiger partial charge >= 0.3 is 18.0 Å². The van der Waals surface area contributed by atoms with E-state index in [4.69, 9.17) is 24.7 Å². The molecule has 3 rings (SSSR count). The maximum absolute atomic E-state index is 13.3. The highest BCUT2D eigenvalue weighted by atomic mass is 32.2. The Kier molecular flexibility index (Phi) is 8.31. The Balaban J connectivity index is 1.79. The summed E-state index contributed by atoms with van der Waals surface area (Å²) in [7, 11) is 1.28. The van der Waals surface area contributed by atoms with Gasteiger partial charge < -0.3 is 30.0 Å². The molecule has 12 nitrogen and oxygen atoms in total. The largest absolute Gasteiger partial charge is 0.445 e. The summed E-state index contributed by atoms with van der Waals surface area (Å²) in [4.78, 5) is 64.0. The molecule has 2 aliphatic heterocycles. The summed E-state index contributed by atoms with van der Waals surface area (Å²) < 4.78 is 20.4. The number of methoxy groups -OCH3 is 1. The average Bonchev–Trinajstić information content (AvgIpc) is 3.32. The van der Waals surface area contributed by atoms with Crippen molar-refractivity contribution >= 4 is 52.9 Å². The molecule has 0 bridgehead atoms. The highest BCUT2D eigenvalue weighted by Gasteiger charge is 2.66. The van der Waals surface area contributed by atoms with E-state index in [1.165, 1.54) is 30.2 Å². The molecule has 14 heteroatoms. The average molecular weight is 542 g/mol. The first-order valence-electron chi connectivity index (χ1n) is 10.7. The summed E-state index contributed by atoms with van der Waals surface area (Å²) >= 11 is 2.60. The SMILES string of the molecule is CO[C@@]1(NC(=O)Cc2cccs2)C(=O)N2C(C(=O)OCOC(=O)C(C)(C)C)=C(COC(N)=O)CS[C@@H]21. The number of ether oxygens (including phenoxy) is 4. The van der Waals surface area contributed by atoms with Crippen molar-refractivity contribution in [3.8, 4) is 0 Å². The van der Waals surface area contributed by atoms with E-state index >= 15 is 0 Å². The van der Waals surface area contributed by atoms with Gasteiger partial charge in [0, 0.05) is 23.3 Å². The quantitative estimate of drug-likeness (QED) is 0.263. The van der Waals surface area contributed by atoms with Crippen LogP contribution in [0.2, 0.25) is 0 Å². The first-order valence-corrected chi connectivity index (χ1v) is 12.7. The molecule has 3 N–H and O–H groups in total. The van der Waals surface area contributed by atoms with Crippen molar-refractivity contribution in [3.63, 3.8) is 0 Å². The Bertz CT molecular complexity index is 1080. The van der Waals surface area contributed by atoms with Crippen molar-refractivity contribution in [2.45, 2.75) is 38.3 Å². The standard InChI is InChI=1S/C22H27N3O9S2/c1-21(2,3)19(29)34-11-33-16(27)15-12(9-32-20(23)30)10-36-18-22(31-4,17(28)25(15)18)24-14(26)8-13-6-5-7-35-13/h5-7,18H,8-11H2,1-4H3,(H2,23,30)(H,24,26)/t18-,22+/m1/s1. The maximum atomic E-state index is 13.3. The fourth-order valence-corrected chi connectivity index (χ4v) is 5.57. The maximum Gasteiger partial charge on any atom is 0.404 e. The third-order valence-electron chi connectivity index (χ3n) is 5.25. The number of nitrogens with zero attached hydrogens (tertiary/aromatic N) is 1. The molecule has 1 fully saturated rings. The molecule has 1 aromatic heterocycles. The molecule has 1 aromatic rings. The van der Waals surface area contributed by atoms with Crippen LogP contribution in [0.4, 0.5) is 4.79 Å². The summed E-state index contributed by atoms with van der Waals surface area (Å²) in [6.07, 6.45) is -1.02. The van der Waals surface area contributed by atoms with Crippen LogP contribution in [0.15, 0.2) is 28.8 Å². The zero-order valence-corrected chi connectivity index (χ0v) is 21.8. The van der Waals surface area contributed by atoms with Crippen molar-refractivity contribution in [2.75, 3.05) is 26.3 Å². The highest BCUT2D eigenvalue weighted by Crippen LogP contribution is 2.47. The number of hydrogen-bond acceptors (Lipinski definition) is 11. The van der Waals surface area contributed by atoms with Crippen molar-refractivity contribution in [1.82, 2.24) is 10.2 Å². The minimum Gasteiger partial charge on any atom is -0.445 e. The molecule has 0 aliphatic carbocycles.